The molecule has 1 aromatic carbocycles. The van der Waals surface area contributed by atoms with Gasteiger partial charge in [0.05, 0.1) is 12.5 Å². The maximum atomic E-state index is 11.9. The molecule has 1 aliphatic heterocycles. The summed E-state index contributed by atoms with van der Waals surface area (Å²) in [6.07, 6.45) is 4.29. The monoisotopic (exact) mass is 403 g/mol. The van der Waals surface area contributed by atoms with Crippen LogP contribution in [0.4, 0.5) is 0 Å². The van der Waals surface area contributed by atoms with Gasteiger partial charge in [0.25, 0.3) is 0 Å². The lowest BCUT2D eigenvalue weighted by Gasteiger charge is -2.39. The van der Waals surface area contributed by atoms with Crippen molar-refractivity contribution >= 4 is 11.9 Å². The van der Waals surface area contributed by atoms with E-state index < -0.39 is 11.7 Å². The Morgan fingerprint density at radius 1 is 1.21 bits per heavy atom. The average Bonchev–Trinajstić information content (AvgIpc) is 2.70. The molecule has 0 radical (unpaired) electrons. The fraction of sp³-hybridized carbons (Fsp3) is 0.652. The molecule has 2 fully saturated rings. The molecule has 1 aliphatic carbocycles. The van der Waals surface area contributed by atoms with Crippen molar-refractivity contribution in [3.8, 4) is 0 Å². The second kappa shape index (κ2) is 9.72. The van der Waals surface area contributed by atoms with Crippen LogP contribution in [0.3, 0.4) is 0 Å². The maximum Gasteiger partial charge on any atom is 0.309 e. The van der Waals surface area contributed by atoms with Gasteiger partial charge in [0, 0.05) is 13.5 Å². The molecule has 1 heterocycles. The molecule has 6 nitrogen and oxygen atoms in total. The summed E-state index contributed by atoms with van der Waals surface area (Å²) in [7, 11) is 0. The number of esters is 2. The summed E-state index contributed by atoms with van der Waals surface area (Å²) in [5.41, 5.74) is 0.816. The first kappa shape index (κ1) is 21.8. The zero-order valence-corrected chi connectivity index (χ0v) is 17.6. The first-order chi connectivity index (χ1) is 13.9. The van der Waals surface area contributed by atoms with Crippen molar-refractivity contribution < 1.29 is 24.2 Å². The second-order valence-corrected chi connectivity index (χ2v) is 8.27. The van der Waals surface area contributed by atoms with Crippen LogP contribution < -0.4 is 0 Å². The van der Waals surface area contributed by atoms with E-state index >= 15 is 0 Å². The van der Waals surface area contributed by atoms with E-state index in [1.54, 1.807) is 0 Å². The van der Waals surface area contributed by atoms with Gasteiger partial charge in [0.2, 0.25) is 0 Å². The van der Waals surface area contributed by atoms with Crippen molar-refractivity contribution in [1.82, 2.24) is 4.90 Å². The first-order valence-corrected chi connectivity index (χ1v) is 10.8. The van der Waals surface area contributed by atoms with Gasteiger partial charge in [-0.25, -0.2) is 0 Å². The Labute approximate surface area is 173 Å². The highest BCUT2D eigenvalue weighted by atomic mass is 16.6. The van der Waals surface area contributed by atoms with E-state index in [-0.39, 0.29) is 17.9 Å². The smallest absolute Gasteiger partial charge is 0.309 e. The highest BCUT2D eigenvalue weighted by molar-refractivity contribution is 5.72. The summed E-state index contributed by atoms with van der Waals surface area (Å²) in [4.78, 5) is 25.8. The van der Waals surface area contributed by atoms with Crippen LogP contribution in [0.15, 0.2) is 24.3 Å². The van der Waals surface area contributed by atoms with Crippen molar-refractivity contribution in [3.05, 3.63) is 35.4 Å². The minimum absolute atomic E-state index is 0.00460. The molecule has 1 saturated heterocycles. The van der Waals surface area contributed by atoms with Gasteiger partial charge in [-0.2, -0.15) is 0 Å². The molecule has 0 spiro atoms. The summed E-state index contributed by atoms with van der Waals surface area (Å²) >= 11 is 0. The number of rotatable bonds is 6. The van der Waals surface area contributed by atoms with Gasteiger partial charge in [0.15, 0.2) is 0 Å². The largest absolute Gasteiger partial charge is 0.466 e. The standard InChI is InChI=1S/C23H33NO5/c1-3-28-22(26)19-10-13-24(14-11-19)16-18-7-6-8-20(15-18)23(27)12-5-4-9-21(23)29-17(2)25/h6-8,15,19,21,27H,3-5,9-14,16H2,1-2H3/t21-,23-/m1/s1. The summed E-state index contributed by atoms with van der Waals surface area (Å²) in [6.45, 7) is 6.15. The number of nitrogens with zero attached hydrogens (tertiary/aromatic N) is 1. The van der Waals surface area contributed by atoms with Crippen LogP contribution in [-0.4, -0.2) is 47.7 Å². The quantitative estimate of drug-likeness (QED) is 0.736. The molecule has 1 saturated carbocycles. The molecule has 160 valence electrons. The molecule has 6 heteroatoms. The zero-order chi connectivity index (χ0) is 20.9. The van der Waals surface area contributed by atoms with E-state index in [0.29, 0.717) is 19.4 Å². The van der Waals surface area contributed by atoms with Crippen LogP contribution in [0.1, 0.15) is 63.5 Å². The minimum Gasteiger partial charge on any atom is -0.466 e. The zero-order valence-electron chi connectivity index (χ0n) is 17.6. The predicted molar refractivity (Wildman–Crippen MR) is 109 cm³/mol. The number of likely N-dealkylation sites (tertiary alicyclic amines) is 1. The van der Waals surface area contributed by atoms with Crippen LogP contribution in [0.25, 0.3) is 0 Å². The van der Waals surface area contributed by atoms with E-state index in [1.165, 1.54) is 6.92 Å². The third kappa shape index (κ3) is 5.37. The summed E-state index contributed by atoms with van der Waals surface area (Å²) in [5, 5.41) is 11.4. The van der Waals surface area contributed by atoms with Crippen LogP contribution >= 0.6 is 0 Å². The highest BCUT2D eigenvalue weighted by Gasteiger charge is 2.42. The number of piperidine rings is 1. The number of aliphatic hydroxyl groups is 1. The molecule has 2 atom stereocenters. The fourth-order valence-electron chi connectivity index (χ4n) is 4.60. The van der Waals surface area contributed by atoms with E-state index in [9.17, 15) is 14.7 Å². The average molecular weight is 404 g/mol. The second-order valence-electron chi connectivity index (χ2n) is 8.27. The highest BCUT2D eigenvalue weighted by Crippen LogP contribution is 2.39. The third-order valence-electron chi connectivity index (χ3n) is 6.16. The summed E-state index contributed by atoms with van der Waals surface area (Å²) < 4.78 is 10.6. The molecule has 0 aromatic heterocycles. The van der Waals surface area contributed by atoms with Gasteiger partial charge in [-0.05, 0) is 69.7 Å². The summed E-state index contributed by atoms with van der Waals surface area (Å²) in [5.74, 6) is -0.425. The molecule has 0 unspecified atom stereocenters. The molecule has 0 amide bonds. The van der Waals surface area contributed by atoms with Crippen LogP contribution in [0, 0.1) is 5.92 Å². The molecule has 29 heavy (non-hydrogen) atoms. The molecule has 1 aromatic rings. The number of carbonyl (C=O) groups is 2. The first-order valence-electron chi connectivity index (χ1n) is 10.8. The van der Waals surface area contributed by atoms with Crippen molar-refractivity contribution in [1.29, 1.82) is 0 Å². The number of carbonyl (C=O) groups excluding carboxylic acids is 2. The number of hydrogen-bond acceptors (Lipinski definition) is 6. The van der Waals surface area contributed by atoms with Crippen LogP contribution in [0.5, 0.6) is 0 Å². The van der Waals surface area contributed by atoms with Crippen molar-refractivity contribution in [2.24, 2.45) is 5.92 Å². The third-order valence-corrected chi connectivity index (χ3v) is 6.16. The number of ether oxygens (including phenoxy) is 2. The van der Waals surface area contributed by atoms with Gasteiger partial charge in [-0.3, -0.25) is 14.5 Å². The van der Waals surface area contributed by atoms with Gasteiger partial charge in [-0.1, -0.05) is 24.3 Å². The normalized spacial score (nSPS) is 26.1. The van der Waals surface area contributed by atoms with E-state index in [4.69, 9.17) is 9.47 Å². The predicted octanol–water partition coefficient (Wildman–Crippen LogP) is 3.16. The Balaban J connectivity index is 1.65. The van der Waals surface area contributed by atoms with E-state index in [2.05, 4.69) is 11.0 Å². The number of benzene rings is 1. The van der Waals surface area contributed by atoms with Gasteiger partial charge >= 0.3 is 11.9 Å². The van der Waals surface area contributed by atoms with E-state index in [1.807, 2.05) is 25.1 Å². The molecule has 3 rings (SSSR count). The topological polar surface area (TPSA) is 76.1 Å². The van der Waals surface area contributed by atoms with Gasteiger partial charge in [0.1, 0.15) is 11.7 Å². The minimum atomic E-state index is -1.13. The lowest BCUT2D eigenvalue weighted by atomic mass is 9.77. The number of hydrogen-bond donors (Lipinski definition) is 1. The Bertz CT molecular complexity index is 713. The Morgan fingerprint density at radius 3 is 2.66 bits per heavy atom. The van der Waals surface area contributed by atoms with Gasteiger partial charge < -0.3 is 14.6 Å². The Hall–Kier alpha value is -1.92. The van der Waals surface area contributed by atoms with Gasteiger partial charge in [-0.15, -0.1) is 0 Å². The Morgan fingerprint density at radius 2 is 1.97 bits per heavy atom. The SMILES string of the molecule is CCOC(=O)C1CCN(Cc2cccc([C@]3(O)CCCC[C@H]3OC(C)=O)c2)CC1. The molecular formula is C23H33NO5. The van der Waals surface area contributed by atoms with Crippen molar-refractivity contribution in [3.63, 3.8) is 0 Å². The fourth-order valence-corrected chi connectivity index (χ4v) is 4.60. The summed E-state index contributed by atoms with van der Waals surface area (Å²) in [6, 6.07) is 8.00. The molecule has 0 bridgehead atoms. The van der Waals surface area contributed by atoms with Crippen molar-refractivity contribution in [2.45, 2.75) is 70.6 Å². The van der Waals surface area contributed by atoms with E-state index in [0.717, 1.165) is 56.4 Å². The maximum absolute atomic E-state index is 11.9. The Kier molecular flexibility index (Phi) is 7.30. The molecular weight excluding hydrogens is 370 g/mol. The molecule has 2 aliphatic rings. The van der Waals surface area contributed by atoms with Crippen LogP contribution in [-0.2, 0) is 31.2 Å². The molecule has 1 N–H and O–H groups in total. The van der Waals surface area contributed by atoms with Crippen LogP contribution in [0.2, 0.25) is 0 Å². The lowest BCUT2D eigenvalue weighted by molar-refractivity contribution is -0.171. The van der Waals surface area contributed by atoms with Crippen molar-refractivity contribution in [2.75, 3.05) is 19.7 Å². The lowest BCUT2D eigenvalue weighted by Crippen LogP contribution is -2.44.